The zero-order chi connectivity index (χ0) is 15.9. The molecule has 120 valence electrons. The third kappa shape index (κ3) is 4.31. The molecule has 0 bridgehead atoms. The summed E-state index contributed by atoms with van der Waals surface area (Å²) >= 11 is 0. The second-order valence-corrected chi connectivity index (χ2v) is 5.84. The van der Waals surface area contributed by atoms with E-state index in [2.05, 4.69) is 16.0 Å². The molecule has 0 unspecified atom stereocenters. The van der Waals surface area contributed by atoms with E-state index in [4.69, 9.17) is 0 Å². The zero-order valence-corrected chi connectivity index (χ0v) is 13.4. The van der Waals surface area contributed by atoms with Crippen LogP contribution in [0, 0.1) is 12.8 Å². The summed E-state index contributed by atoms with van der Waals surface area (Å²) in [6, 6.07) is 5.39. The number of piperidine rings is 1. The fraction of sp³-hybridized carbons (Fsp3) is 0.529. The molecule has 1 saturated heterocycles. The maximum Gasteiger partial charge on any atom is 0.251 e. The van der Waals surface area contributed by atoms with Crippen LogP contribution in [0.1, 0.15) is 41.6 Å². The molecule has 0 radical (unpaired) electrons. The van der Waals surface area contributed by atoms with Gasteiger partial charge in [-0.25, -0.2) is 0 Å². The molecule has 0 atom stereocenters. The third-order valence-electron chi connectivity index (χ3n) is 4.32. The molecule has 5 heteroatoms. The van der Waals surface area contributed by atoms with E-state index in [1.165, 1.54) is 0 Å². The second-order valence-electron chi connectivity index (χ2n) is 5.84. The molecular weight excluding hydrogens is 278 g/mol. The molecule has 1 aliphatic heterocycles. The van der Waals surface area contributed by atoms with Crippen molar-refractivity contribution in [3.05, 3.63) is 29.3 Å². The minimum atomic E-state index is -0.136. The highest BCUT2D eigenvalue weighted by molar-refractivity contribution is 5.99. The number of anilines is 1. The summed E-state index contributed by atoms with van der Waals surface area (Å²) in [6.07, 6.45) is 3.77. The van der Waals surface area contributed by atoms with Crippen LogP contribution in [-0.4, -0.2) is 32.0 Å². The van der Waals surface area contributed by atoms with Gasteiger partial charge in [0, 0.05) is 24.7 Å². The Morgan fingerprint density at radius 2 is 2.00 bits per heavy atom. The molecule has 1 fully saturated rings. The first-order valence-electron chi connectivity index (χ1n) is 7.94. The first kappa shape index (κ1) is 16.5. The Morgan fingerprint density at radius 1 is 1.27 bits per heavy atom. The van der Waals surface area contributed by atoms with Gasteiger partial charge >= 0.3 is 0 Å². The van der Waals surface area contributed by atoms with Crippen LogP contribution in [-0.2, 0) is 4.79 Å². The van der Waals surface area contributed by atoms with Crippen LogP contribution in [0.2, 0.25) is 0 Å². The van der Waals surface area contributed by atoms with Crippen LogP contribution >= 0.6 is 0 Å². The first-order valence-corrected chi connectivity index (χ1v) is 7.94. The van der Waals surface area contributed by atoms with E-state index >= 15 is 0 Å². The lowest BCUT2D eigenvalue weighted by Gasteiger charge is -2.22. The standard InChI is InChI=1S/C17H25N3O2/c1-12-14(17(22)18-2)4-3-5-15(12)20-16(21)7-6-13-8-10-19-11-9-13/h3-5,13,19H,6-11H2,1-2H3,(H,18,22)(H,20,21). The summed E-state index contributed by atoms with van der Waals surface area (Å²) in [6.45, 7) is 3.96. The van der Waals surface area contributed by atoms with Crippen LogP contribution in [0.25, 0.3) is 0 Å². The average Bonchev–Trinajstić information content (AvgIpc) is 2.55. The third-order valence-corrected chi connectivity index (χ3v) is 4.32. The van der Waals surface area contributed by atoms with Gasteiger partial charge in [-0.1, -0.05) is 6.07 Å². The summed E-state index contributed by atoms with van der Waals surface area (Å²) in [5.41, 5.74) is 2.12. The van der Waals surface area contributed by atoms with Gasteiger partial charge < -0.3 is 16.0 Å². The Kier molecular flexibility index (Phi) is 5.95. The van der Waals surface area contributed by atoms with E-state index < -0.39 is 0 Å². The zero-order valence-electron chi connectivity index (χ0n) is 13.4. The topological polar surface area (TPSA) is 70.2 Å². The molecule has 1 aromatic carbocycles. The van der Waals surface area contributed by atoms with E-state index in [-0.39, 0.29) is 11.8 Å². The molecule has 1 aromatic rings. The minimum absolute atomic E-state index is 0.0238. The molecule has 2 rings (SSSR count). The van der Waals surface area contributed by atoms with E-state index in [0.29, 0.717) is 17.9 Å². The van der Waals surface area contributed by atoms with Crippen LogP contribution in [0.5, 0.6) is 0 Å². The largest absolute Gasteiger partial charge is 0.355 e. The maximum absolute atomic E-state index is 12.1. The highest BCUT2D eigenvalue weighted by atomic mass is 16.2. The van der Waals surface area contributed by atoms with E-state index in [1.54, 1.807) is 19.2 Å². The Bertz CT molecular complexity index is 537. The Hall–Kier alpha value is -1.88. The molecule has 22 heavy (non-hydrogen) atoms. The molecule has 0 aliphatic carbocycles. The number of carbonyl (C=O) groups is 2. The van der Waals surface area contributed by atoms with Crippen molar-refractivity contribution >= 4 is 17.5 Å². The number of benzene rings is 1. The monoisotopic (exact) mass is 303 g/mol. The van der Waals surface area contributed by atoms with Crippen molar-refractivity contribution in [3.63, 3.8) is 0 Å². The van der Waals surface area contributed by atoms with Crippen molar-refractivity contribution < 1.29 is 9.59 Å². The number of nitrogens with one attached hydrogen (secondary N) is 3. The van der Waals surface area contributed by atoms with E-state index in [1.807, 2.05) is 13.0 Å². The number of rotatable bonds is 5. The molecule has 1 heterocycles. The van der Waals surface area contributed by atoms with Crippen molar-refractivity contribution in [2.45, 2.75) is 32.6 Å². The van der Waals surface area contributed by atoms with E-state index in [0.717, 1.165) is 43.6 Å². The minimum Gasteiger partial charge on any atom is -0.355 e. The number of amides is 2. The van der Waals surface area contributed by atoms with Crippen molar-refractivity contribution in [2.24, 2.45) is 5.92 Å². The molecule has 0 spiro atoms. The number of hydrogen-bond donors (Lipinski definition) is 3. The van der Waals surface area contributed by atoms with Gasteiger partial charge in [-0.3, -0.25) is 9.59 Å². The molecule has 0 saturated carbocycles. The maximum atomic E-state index is 12.1. The van der Waals surface area contributed by atoms with Crippen LogP contribution in [0.4, 0.5) is 5.69 Å². The predicted octanol–water partition coefficient (Wildman–Crippen LogP) is 2.07. The van der Waals surface area contributed by atoms with Gasteiger partial charge in [0.25, 0.3) is 5.91 Å². The highest BCUT2D eigenvalue weighted by Gasteiger charge is 2.16. The summed E-state index contributed by atoms with van der Waals surface area (Å²) in [4.78, 5) is 23.9. The molecule has 0 aromatic heterocycles. The van der Waals surface area contributed by atoms with Crippen LogP contribution in [0.15, 0.2) is 18.2 Å². The van der Waals surface area contributed by atoms with Crippen molar-refractivity contribution in [1.82, 2.24) is 10.6 Å². The van der Waals surface area contributed by atoms with Gasteiger partial charge in [0.1, 0.15) is 0 Å². The van der Waals surface area contributed by atoms with Crippen LogP contribution in [0.3, 0.4) is 0 Å². The fourth-order valence-corrected chi connectivity index (χ4v) is 2.87. The second kappa shape index (κ2) is 7.94. The van der Waals surface area contributed by atoms with Gasteiger partial charge in [0.05, 0.1) is 0 Å². The summed E-state index contributed by atoms with van der Waals surface area (Å²) in [5.74, 6) is 0.532. The lowest BCUT2D eigenvalue weighted by molar-refractivity contribution is -0.116. The molecular formula is C17H25N3O2. The van der Waals surface area contributed by atoms with Crippen molar-refractivity contribution in [1.29, 1.82) is 0 Å². The summed E-state index contributed by atoms with van der Waals surface area (Å²) in [5, 5.41) is 8.88. The molecule has 2 amide bonds. The molecule has 5 nitrogen and oxygen atoms in total. The van der Waals surface area contributed by atoms with Crippen LogP contribution < -0.4 is 16.0 Å². The van der Waals surface area contributed by atoms with Gasteiger partial charge in [0.15, 0.2) is 0 Å². The predicted molar refractivity (Wildman–Crippen MR) is 88.0 cm³/mol. The lowest BCUT2D eigenvalue weighted by Crippen LogP contribution is -2.28. The molecule has 3 N–H and O–H groups in total. The normalized spacial score (nSPS) is 15.4. The first-order chi connectivity index (χ1) is 10.6. The van der Waals surface area contributed by atoms with Crippen molar-refractivity contribution in [3.8, 4) is 0 Å². The fourth-order valence-electron chi connectivity index (χ4n) is 2.87. The number of hydrogen-bond acceptors (Lipinski definition) is 3. The van der Waals surface area contributed by atoms with E-state index in [9.17, 15) is 9.59 Å². The Labute approximate surface area is 131 Å². The SMILES string of the molecule is CNC(=O)c1cccc(NC(=O)CCC2CCNCC2)c1C. The van der Waals surface area contributed by atoms with Gasteiger partial charge in [0.2, 0.25) is 5.91 Å². The van der Waals surface area contributed by atoms with Crippen molar-refractivity contribution in [2.75, 3.05) is 25.5 Å². The van der Waals surface area contributed by atoms with Gasteiger partial charge in [-0.2, -0.15) is 0 Å². The highest BCUT2D eigenvalue weighted by Crippen LogP contribution is 2.21. The smallest absolute Gasteiger partial charge is 0.251 e. The lowest BCUT2D eigenvalue weighted by atomic mass is 9.93. The van der Waals surface area contributed by atoms with Gasteiger partial charge in [-0.05, 0) is 62.9 Å². The molecule has 1 aliphatic rings. The Balaban J connectivity index is 1.92. The average molecular weight is 303 g/mol. The van der Waals surface area contributed by atoms with Gasteiger partial charge in [-0.15, -0.1) is 0 Å². The quantitative estimate of drug-likeness (QED) is 0.780. The summed E-state index contributed by atoms with van der Waals surface area (Å²) < 4.78 is 0. The summed E-state index contributed by atoms with van der Waals surface area (Å²) in [7, 11) is 1.60. The Morgan fingerprint density at radius 3 is 2.68 bits per heavy atom. The number of carbonyl (C=O) groups excluding carboxylic acids is 2.